The summed E-state index contributed by atoms with van der Waals surface area (Å²) < 4.78 is 22.0. The molecule has 0 heterocycles. The van der Waals surface area contributed by atoms with Gasteiger partial charge < -0.3 is 9.47 Å². The standard InChI is InChI=1S/C13H15FO4/c1-8(9-4-6-10(14)7-5-9)11(12(15)17-2)13(16)18-3/h4-8,11H,1-3H3. The summed E-state index contributed by atoms with van der Waals surface area (Å²) >= 11 is 0. The van der Waals surface area contributed by atoms with Crippen LogP contribution >= 0.6 is 0 Å². The van der Waals surface area contributed by atoms with Gasteiger partial charge in [0.15, 0.2) is 5.92 Å². The highest BCUT2D eigenvalue weighted by atomic mass is 19.1. The van der Waals surface area contributed by atoms with Gasteiger partial charge in [0.2, 0.25) is 0 Å². The first-order valence-corrected chi connectivity index (χ1v) is 5.42. The van der Waals surface area contributed by atoms with E-state index < -0.39 is 23.8 Å². The zero-order valence-electron chi connectivity index (χ0n) is 10.5. The van der Waals surface area contributed by atoms with Gasteiger partial charge in [-0.2, -0.15) is 0 Å². The molecule has 1 atom stereocenters. The Labute approximate surface area is 105 Å². The number of carbonyl (C=O) groups excluding carboxylic acids is 2. The molecule has 0 N–H and O–H groups in total. The van der Waals surface area contributed by atoms with Gasteiger partial charge in [-0.05, 0) is 17.7 Å². The van der Waals surface area contributed by atoms with Crippen molar-refractivity contribution in [1.82, 2.24) is 0 Å². The minimum Gasteiger partial charge on any atom is -0.468 e. The molecule has 5 heteroatoms. The van der Waals surface area contributed by atoms with Crippen LogP contribution in [0.15, 0.2) is 24.3 Å². The average molecular weight is 254 g/mol. The summed E-state index contributed by atoms with van der Waals surface area (Å²) in [5, 5.41) is 0. The van der Waals surface area contributed by atoms with Crippen LogP contribution in [0.3, 0.4) is 0 Å². The zero-order valence-corrected chi connectivity index (χ0v) is 10.5. The molecule has 0 radical (unpaired) electrons. The minimum absolute atomic E-state index is 0.376. The number of halogens is 1. The number of ether oxygens (including phenoxy) is 2. The van der Waals surface area contributed by atoms with Crippen molar-refractivity contribution in [1.29, 1.82) is 0 Å². The van der Waals surface area contributed by atoms with Gasteiger partial charge in [0.05, 0.1) is 14.2 Å². The van der Waals surface area contributed by atoms with Gasteiger partial charge >= 0.3 is 11.9 Å². The van der Waals surface area contributed by atoms with Gasteiger partial charge in [0, 0.05) is 5.92 Å². The van der Waals surface area contributed by atoms with Crippen molar-refractivity contribution in [2.24, 2.45) is 5.92 Å². The molecule has 18 heavy (non-hydrogen) atoms. The van der Waals surface area contributed by atoms with Crippen LogP contribution in [0.1, 0.15) is 18.4 Å². The maximum absolute atomic E-state index is 12.8. The fraction of sp³-hybridized carbons (Fsp3) is 0.385. The quantitative estimate of drug-likeness (QED) is 0.608. The van der Waals surface area contributed by atoms with Crippen LogP contribution in [-0.4, -0.2) is 26.2 Å². The predicted molar refractivity (Wildman–Crippen MR) is 62.3 cm³/mol. The molecule has 0 spiro atoms. The van der Waals surface area contributed by atoms with Crippen molar-refractivity contribution in [2.45, 2.75) is 12.8 Å². The number of hydrogen-bond donors (Lipinski definition) is 0. The van der Waals surface area contributed by atoms with Gasteiger partial charge in [-0.25, -0.2) is 4.39 Å². The summed E-state index contributed by atoms with van der Waals surface area (Å²) in [5.41, 5.74) is 0.664. The molecule has 0 fully saturated rings. The molecule has 0 aromatic heterocycles. The van der Waals surface area contributed by atoms with Crippen LogP contribution in [0.5, 0.6) is 0 Å². The van der Waals surface area contributed by atoms with Crippen molar-refractivity contribution in [3.05, 3.63) is 35.6 Å². The summed E-state index contributed by atoms with van der Waals surface area (Å²) in [6.07, 6.45) is 0. The predicted octanol–water partition coefficient (Wildman–Crippen LogP) is 1.89. The van der Waals surface area contributed by atoms with Gasteiger partial charge in [-0.1, -0.05) is 19.1 Å². The van der Waals surface area contributed by atoms with Crippen LogP contribution < -0.4 is 0 Å². The molecule has 1 aromatic carbocycles. The van der Waals surface area contributed by atoms with Crippen molar-refractivity contribution < 1.29 is 23.5 Å². The number of carbonyl (C=O) groups is 2. The Bertz CT molecular complexity index is 411. The first kappa shape index (κ1) is 14.2. The monoisotopic (exact) mass is 254 g/mol. The summed E-state index contributed by atoms with van der Waals surface area (Å²) in [7, 11) is 2.41. The van der Waals surface area contributed by atoms with Crippen molar-refractivity contribution in [3.8, 4) is 0 Å². The maximum Gasteiger partial charge on any atom is 0.320 e. The molecule has 0 aliphatic rings. The van der Waals surface area contributed by atoms with Crippen LogP contribution in [-0.2, 0) is 19.1 Å². The van der Waals surface area contributed by atoms with Crippen molar-refractivity contribution in [3.63, 3.8) is 0 Å². The van der Waals surface area contributed by atoms with Gasteiger partial charge in [0.25, 0.3) is 0 Å². The average Bonchev–Trinajstić information content (AvgIpc) is 2.39. The van der Waals surface area contributed by atoms with E-state index in [2.05, 4.69) is 9.47 Å². The largest absolute Gasteiger partial charge is 0.468 e. The van der Waals surface area contributed by atoms with Gasteiger partial charge in [-0.3, -0.25) is 9.59 Å². The normalized spacial score (nSPS) is 12.1. The third-order valence-electron chi connectivity index (χ3n) is 2.81. The lowest BCUT2D eigenvalue weighted by Crippen LogP contribution is -2.31. The van der Waals surface area contributed by atoms with E-state index in [-0.39, 0.29) is 5.82 Å². The van der Waals surface area contributed by atoms with Crippen LogP contribution in [0.2, 0.25) is 0 Å². The number of esters is 2. The van der Waals surface area contributed by atoms with E-state index in [1.807, 2.05) is 0 Å². The highest BCUT2D eigenvalue weighted by Gasteiger charge is 2.35. The first-order chi connectivity index (χ1) is 8.51. The van der Waals surface area contributed by atoms with Crippen molar-refractivity contribution in [2.75, 3.05) is 14.2 Å². The second-order valence-corrected chi connectivity index (χ2v) is 3.86. The second-order valence-electron chi connectivity index (χ2n) is 3.86. The fourth-order valence-corrected chi connectivity index (χ4v) is 1.72. The van der Waals surface area contributed by atoms with E-state index in [4.69, 9.17) is 0 Å². The lowest BCUT2D eigenvalue weighted by Gasteiger charge is -2.19. The van der Waals surface area contributed by atoms with Gasteiger partial charge in [-0.15, -0.1) is 0 Å². The van der Waals surface area contributed by atoms with E-state index >= 15 is 0 Å². The fourth-order valence-electron chi connectivity index (χ4n) is 1.72. The van der Waals surface area contributed by atoms with E-state index in [1.54, 1.807) is 6.92 Å². The molecule has 0 aliphatic heterocycles. The maximum atomic E-state index is 12.8. The van der Waals surface area contributed by atoms with E-state index in [0.29, 0.717) is 5.56 Å². The van der Waals surface area contributed by atoms with E-state index in [1.165, 1.54) is 38.5 Å². The zero-order chi connectivity index (χ0) is 13.7. The summed E-state index contributed by atoms with van der Waals surface area (Å²) in [6.45, 7) is 1.69. The Hall–Kier alpha value is -1.91. The third-order valence-corrected chi connectivity index (χ3v) is 2.81. The number of benzene rings is 1. The highest BCUT2D eigenvalue weighted by molar-refractivity contribution is 5.95. The first-order valence-electron chi connectivity index (χ1n) is 5.42. The third kappa shape index (κ3) is 3.06. The van der Waals surface area contributed by atoms with Gasteiger partial charge in [0.1, 0.15) is 5.82 Å². The number of rotatable bonds is 4. The molecule has 1 rings (SSSR count). The Morgan fingerprint density at radius 3 is 1.89 bits per heavy atom. The Morgan fingerprint density at radius 2 is 1.50 bits per heavy atom. The summed E-state index contributed by atoms with van der Waals surface area (Å²) in [6, 6.07) is 5.60. The SMILES string of the molecule is COC(=O)C(C(=O)OC)C(C)c1ccc(F)cc1. The molecule has 0 aliphatic carbocycles. The summed E-state index contributed by atoms with van der Waals surface area (Å²) in [4.78, 5) is 23.2. The smallest absolute Gasteiger partial charge is 0.320 e. The topological polar surface area (TPSA) is 52.6 Å². The van der Waals surface area contributed by atoms with Crippen molar-refractivity contribution >= 4 is 11.9 Å². The number of hydrogen-bond acceptors (Lipinski definition) is 4. The molecule has 1 aromatic rings. The van der Waals surface area contributed by atoms with E-state index in [0.717, 1.165) is 0 Å². The molecule has 0 saturated heterocycles. The molecule has 0 saturated carbocycles. The Morgan fingerprint density at radius 1 is 1.06 bits per heavy atom. The highest BCUT2D eigenvalue weighted by Crippen LogP contribution is 2.26. The lowest BCUT2D eigenvalue weighted by molar-refractivity contribution is -0.159. The molecule has 98 valence electrons. The Balaban J connectivity index is 3.02. The summed E-state index contributed by atoms with van der Waals surface area (Å²) in [5.74, 6) is -3.22. The van der Waals surface area contributed by atoms with Crippen LogP contribution in [0.4, 0.5) is 4.39 Å². The molecule has 1 unspecified atom stereocenters. The molecule has 0 amide bonds. The molecule has 4 nitrogen and oxygen atoms in total. The molecular weight excluding hydrogens is 239 g/mol. The Kier molecular flexibility index (Phi) is 4.83. The minimum atomic E-state index is -1.05. The second kappa shape index (κ2) is 6.14. The van der Waals surface area contributed by atoms with Crippen LogP contribution in [0, 0.1) is 11.7 Å². The van der Waals surface area contributed by atoms with Crippen LogP contribution in [0.25, 0.3) is 0 Å². The van der Waals surface area contributed by atoms with E-state index in [9.17, 15) is 14.0 Å². The lowest BCUT2D eigenvalue weighted by atomic mass is 9.87. The number of methoxy groups -OCH3 is 2. The molecular formula is C13H15FO4. The molecule has 0 bridgehead atoms.